The molecule has 1 aliphatic heterocycles. The Kier molecular flexibility index (Phi) is 5.43. The van der Waals surface area contributed by atoms with Gasteiger partial charge in [0.1, 0.15) is 10.6 Å². The van der Waals surface area contributed by atoms with Crippen molar-refractivity contribution in [3.8, 4) is 23.0 Å². The van der Waals surface area contributed by atoms with Gasteiger partial charge in [0.25, 0.3) is 15.9 Å². The summed E-state index contributed by atoms with van der Waals surface area (Å²) in [7, 11) is 0.190. The molecule has 3 rings (SSSR count). The van der Waals surface area contributed by atoms with Gasteiger partial charge in [0.15, 0.2) is 18.1 Å². The summed E-state index contributed by atoms with van der Waals surface area (Å²) < 4.78 is 49.1. The van der Waals surface area contributed by atoms with Crippen molar-refractivity contribution in [2.75, 3.05) is 38.0 Å². The summed E-state index contributed by atoms with van der Waals surface area (Å²) in [6.45, 7) is -0.214. The minimum absolute atomic E-state index is 0.0792. The molecule has 0 spiro atoms. The monoisotopic (exact) mass is 428 g/mol. The van der Waals surface area contributed by atoms with Gasteiger partial charge in [-0.2, -0.15) is 0 Å². The van der Waals surface area contributed by atoms with Crippen LogP contribution < -0.4 is 29.0 Å². The van der Waals surface area contributed by atoms with Crippen LogP contribution in [0, 0.1) is 0 Å². The van der Waals surface area contributed by atoms with E-state index >= 15 is 0 Å². The number of carbonyl (C=O) groups excluding carboxylic acids is 1. The third-order valence-corrected chi connectivity index (χ3v) is 5.72. The van der Waals surface area contributed by atoms with E-state index in [9.17, 15) is 13.2 Å². The van der Waals surface area contributed by atoms with Crippen LogP contribution in [0.15, 0.2) is 29.2 Å². The maximum atomic E-state index is 12.9. The average molecular weight is 429 g/mol. The number of fused-ring (bicyclic) bond motifs is 1. The number of sulfonamides is 1. The number of carbonyl (C=O) groups is 1. The van der Waals surface area contributed by atoms with Gasteiger partial charge in [-0.15, -0.1) is 0 Å². The van der Waals surface area contributed by atoms with E-state index in [1.807, 2.05) is 0 Å². The van der Waals surface area contributed by atoms with Crippen LogP contribution in [0.1, 0.15) is 0 Å². The minimum atomic E-state index is -4.09. The first kappa shape index (κ1) is 19.9. The fourth-order valence-corrected chi connectivity index (χ4v) is 4.22. The van der Waals surface area contributed by atoms with Crippen molar-refractivity contribution in [3.63, 3.8) is 0 Å². The van der Waals surface area contributed by atoms with E-state index in [0.29, 0.717) is 11.4 Å². The van der Waals surface area contributed by atoms with Gasteiger partial charge in [-0.25, -0.2) is 8.42 Å². The van der Waals surface area contributed by atoms with Crippen LogP contribution in [0.5, 0.6) is 23.0 Å². The second kappa shape index (κ2) is 7.64. The second-order valence-electron chi connectivity index (χ2n) is 5.64. The van der Waals surface area contributed by atoms with Crippen LogP contribution in [0.3, 0.4) is 0 Å². The fraction of sp³-hybridized carbons (Fsp3) is 0.235. The molecular formula is C17H17ClN2O7S. The molecule has 0 fully saturated rings. The van der Waals surface area contributed by atoms with Gasteiger partial charge < -0.3 is 24.3 Å². The summed E-state index contributed by atoms with van der Waals surface area (Å²) >= 11 is 6.13. The lowest BCUT2D eigenvalue weighted by Gasteiger charge is -2.20. The molecule has 11 heteroatoms. The smallest absolute Gasteiger partial charge is 0.263 e. The average Bonchev–Trinajstić information content (AvgIpc) is 2.65. The summed E-state index contributed by atoms with van der Waals surface area (Å²) in [5, 5.41) is 2.48. The van der Waals surface area contributed by atoms with Gasteiger partial charge in [-0.3, -0.25) is 9.52 Å². The fourth-order valence-electron chi connectivity index (χ4n) is 2.64. The number of halogens is 1. The van der Waals surface area contributed by atoms with Gasteiger partial charge in [0.2, 0.25) is 5.75 Å². The van der Waals surface area contributed by atoms with Crippen molar-refractivity contribution in [1.29, 1.82) is 0 Å². The minimum Gasteiger partial charge on any atom is -0.493 e. The molecular weight excluding hydrogens is 412 g/mol. The zero-order valence-electron chi connectivity index (χ0n) is 15.2. The van der Waals surface area contributed by atoms with Crippen LogP contribution in [-0.2, 0) is 14.8 Å². The Bertz CT molecular complexity index is 1020. The molecule has 0 saturated heterocycles. The van der Waals surface area contributed by atoms with Crippen LogP contribution >= 0.6 is 11.6 Å². The molecule has 28 heavy (non-hydrogen) atoms. The van der Waals surface area contributed by atoms with E-state index < -0.39 is 10.0 Å². The topological polar surface area (TPSA) is 112 Å². The number of rotatable bonds is 6. The highest BCUT2D eigenvalue weighted by molar-refractivity contribution is 7.92. The Balaban J connectivity index is 2.00. The van der Waals surface area contributed by atoms with Crippen molar-refractivity contribution in [2.45, 2.75) is 4.90 Å². The molecule has 2 N–H and O–H groups in total. The third kappa shape index (κ3) is 3.73. The highest BCUT2D eigenvalue weighted by Crippen LogP contribution is 2.41. The molecule has 0 saturated carbocycles. The Labute approximate surface area is 166 Å². The first-order chi connectivity index (χ1) is 13.3. The largest absolute Gasteiger partial charge is 0.493 e. The highest BCUT2D eigenvalue weighted by atomic mass is 35.5. The maximum Gasteiger partial charge on any atom is 0.263 e. The predicted molar refractivity (Wildman–Crippen MR) is 102 cm³/mol. The van der Waals surface area contributed by atoms with E-state index in [1.54, 1.807) is 0 Å². The summed E-state index contributed by atoms with van der Waals surface area (Å²) in [6, 6.07) is 5.46. The Morgan fingerprint density at radius 2 is 1.71 bits per heavy atom. The Morgan fingerprint density at radius 1 is 1.07 bits per heavy atom. The van der Waals surface area contributed by atoms with Crippen LogP contribution in [0.25, 0.3) is 0 Å². The Hall–Kier alpha value is -2.85. The maximum absolute atomic E-state index is 12.9. The summed E-state index contributed by atoms with van der Waals surface area (Å²) in [4.78, 5) is 11.2. The first-order valence-electron chi connectivity index (χ1n) is 7.88. The molecule has 1 aliphatic rings. The molecule has 0 radical (unpaired) electrons. The second-order valence-corrected chi connectivity index (χ2v) is 7.69. The van der Waals surface area contributed by atoms with Gasteiger partial charge in [-0.05, 0) is 6.07 Å². The van der Waals surface area contributed by atoms with Crippen molar-refractivity contribution >= 4 is 38.9 Å². The zero-order valence-corrected chi connectivity index (χ0v) is 16.7. The number of benzene rings is 2. The number of hydrogen-bond donors (Lipinski definition) is 2. The Morgan fingerprint density at radius 3 is 2.29 bits per heavy atom. The number of hydrogen-bond acceptors (Lipinski definition) is 7. The summed E-state index contributed by atoms with van der Waals surface area (Å²) in [5.41, 5.74) is 0.477. The quantitative estimate of drug-likeness (QED) is 0.726. The van der Waals surface area contributed by atoms with Gasteiger partial charge in [-0.1, -0.05) is 11.6 Å². The number of nitrogens with one attached hydrogen (secondary N) is 2. The van der Waals surface area contributed by atoms with E-state index in [2.05, 4.69) is 10.0 Å². The number of ether oxygens (including phenoxy) is 4. The summed E-state index contributed by atoms with van der Waals surface area (Å²) in [5.74, 6) is 0.733. The van der Waals surface area contributed by atoms with E-state index in [0.717, 1.165) is 0 Å². The van der Waals surface area contributed by atoms with Crippen LogP contribution in [0.4, 0.5) is 11.4 Å². The first-order valence-corrected chi connectivity index (χ1v) is 9.74. The summed E-state index contributed by atoms with van der Waals surface area (Å²) in [6.07, 6.45) is 0. The van der Waals surface area contributed by atoms with Crippen molar-refractivity contribution < 1.29 is 32.2 Å². The zero-order chi connectivity index (χ0) is 20.5. The van der Waals surface area contributed by atoms with Crippen LogP contribution in [-0.4, -0.2) is 42.3 Å². The number of methoxy groups -OCH3 is 3. The molecule has 1 heterocycles. The lowest BCUT2D eigenvalue weighted by molar-refractivity contribution is -0.118. The molecule has 2 aromatic carbocycles. The standard InChI is InChI=1S/C17H17ClN2O7S/c1-24-13-4-9(5-14(25-2)17(13)26-3)20-28(22,23)15-7-12-11(6-10(15)18)19-16(21)8-27-12/h4-7,20H,8H2,1-3H3,(H,19,21). The number of amides is 1. The normalized spacial score (nSPS) is 13.1. The molecule has 1 amide bonds. The third-order valence-electron chi connectivity index (χ3n) is 3.87. The molecule has 2 aromatic rings. The lowest BCUT2D eigenvalue weighted by atomic mass is 10.2. The molecule has 0 unspecified atom stereocenters. The molecule has 9 nitrogen and oxygen atoms in total. The van der Waals surface area contributed by atoms with Crippen LogP contribution in [0.2, 0.25) is 5.02 Å². The van der Waals surface area contributed by atoms with Crippen molar-refractivity contribution in [2.24, 2.45) is 0 Å². The SMILES string of the molecule is COc1cc(NS(=O)(=O)c2cc3c(cc2Cl)NC(=O)CO3)cc(OC)c1OC. The molecule has 0 aliphatic carbocycles. The van der Waals surface area contributed by atoms with Gasteiger partial charge >= 0.3 is 0 Å². The van der Waals surface area contributed by atoms with Gasteiger partial charge in [0, 0.05) is 18.2 Å². The van der Waals surface area contributed by atoms with E-state index in [4.69, 9.17) is 30.5 Å². The molecule has 150 valence electrons. The lowest BCUT2D eigenvalue weighted by Crippen LogP contribution is -2.25. The van der Waals surface area contributed by atoms with Crippen molar-refractivity contribution in [1.82, 2.24) is 0 Å². The van der Waals surface area contributed by atoms with E-state index in [1.165, 1.54) is 45.6 Å². The molecule has 0 atom stereocenters. The highest BCUT2D eigenvalue weighted by Gasteiger charge is 2.25. The molecule has 0 bridgehead atoms. The van der Waals surface area contributed by atoms with Gasteiger partial charge in [0.05, 0.1) is 37.7 Å². The van der Waals surface area contributed by atoms with E-state index in [-0.39, 0.29) is 45.4 Å². The predicted octanol–water partition coefficient (Wildman–Crippen LogP) is 2.50. The number of anilines is 2. The molecule has 0 aromatic heterocycles. The van der Waals surface area contributed by atoms with Crippen molar-refractivity contribution in [3.05, 3.63) is 29.3 Å².